The number of benzene rings is 1. The number of non-ortho nitro benzene ring substituents is 1. The van der Waals surface area contributed by atoms with Gasteiger partial charge in [0, 0.05) is 25.2 Å². The zero-order valence-electron chi connectivity index (χ0n) is 11.0. The van der Waals surface area contributed by atoms with Gasteiger partial charge in [0.25, 0.3) is 5.69 Å². The topological polar surface area (TPSA) is 98.9 Å². The molecule has 21 heavy (non-hydrogen) atoms. The number of nitrogens with zero attached hydrogens (tertiary/aromatic N) is 1. The minimum absolute atomic E-state index is 0.0844. The molecule has 0 heterocycles. The maximum atomic E-state index is 10.9. The third-order valence-corrected chi connectivity index (χ3v) is 3.64. The van der Waals surface area contributed by atoms with Gasteiger partial charge in [-0.3, -0.25) is 10.1 Å². The van der Waals surface area contributed by atoms with E-state index in [9.17, 15) is 14.9 Å². The highest BCUT2D eigenvalue weighted by molar-refractivity contribution is 9.11. The second-order valence-electron chi connectivity index (χ2n) is 3.92. The molecule has 1 rings (SSSR count). The van der Waals surface area contributed by atoms with E-state index in [1.807, 2.05) is 0 Å². The highest BCUT2D eigenvalue weighted by Gasteiger charge is 2.19. The van der Waals surface area contributed by atoms with Crippen molar-refractivity contribution in [3.63, 3.8) is 0 Å². The van der Waals surface area contributed by atoms with Crippen molar-refractivity contribution in [1.82, 2.24) is 0 Å². The Hall–Kier alpha value is -1.19. The number of nitro groups is 1. The lowest BCUT2D eigenvalue weighted by molar-refractivity contribution is -0.385. The van der Waals surface area contributed by atoms with Gasteiger partial charge in [0.15, 0.2) is 6.10 Å². The minimum atomic E-state index is -1.05. The van der Waals surface area contributed by atoms with Gasteiger partial charge in [-0.2, -0.15) is 0 Å². The molecule has 1 aromatic rings. The Bertz CT molecular complexity index is 513. The van der Waals surface area contributed by atoms with Crippen LogP contribution >= 0.6 is 31.9 Å². The predicted octanol–water partition coefficient (Wildman–Crippen LogP) is 3.38. The molecule has 0 amide bonds. The number of halogens is 2. The van der Waals surface area contributed by atoms with Gasteiger partial charge in [-0.1, -0.05) is 0 Å². The van der Waals surface area contributed by atoms with Crippen molar-refractivity contribution < 1.29 is 24.3 Å². The van der Waals surface area contributed by atoms with Gasteiger partial charge in [0.05, 0.1) is 20.5 Å². The van der Waals surface area contributed by atoms with Crippen molar-refractivity contribution in [3.8, 4) is 5.75 Å². The second-order valence-corrected chi connectivity index (χ2v) is 5.62. The molecule has 0 aliphatic carbocycles. The molecule has 0 aromatic heterocycles. The molecule has 0 saturated carbocycles. The number of aliphatic carboxylic acids is 1. The lowest BCUT2D eigenvalue weighted by atomic mass is 10.2. The monoisotopic (exact) mass is 425 g/mol. The molecule has 0 radical (unpaired) electrons. The lowest BCUT2D eigenvalue weighted by Gasteiger charge is -2.14. The maximum Gasteiger partial charge on any atom is 0.332 e. The molecule has 0 bridgehead atoms. The van der Waals surface area contributed by atoms with Crippen molar-refractivity contribution in [3.05, 3.63) is 31.2 Å². The number of rotatable bonds is 8. The van der Waals surface area contributed by atoms with E-state index in [1.54, 1.807) is 6.92 Å². The number of carboxylic acids is 1. The Morgan fingerprint density at radius 3 is 2.43 bits per heavy atom. The molecule has 1 atom stereocenters. The summed E-state index contributed by atoms with van der Waals surface area (Å²) in [5.74, 6) is -0.677. The summed E-state index contributed by atoms with van der Waals surface area (Å²) in [7, 11) is 0. The number of carbonyl (C=O) groups is 1. The second kappa shape index (κ2) is 8.30. The van der Waals surface area contributed by atoms with Crippen LogP contribution in [0, 0.1) is 10.1 Å². The Balaban J connectivity index is 2.71. The summed E-state index contributed by atoms with van der Waals surface area (Å²) in [5, 5.41) is 19.6. The van der Waals surface area contributed by atoms with Crippen molar-refractivity contribution >= 4 is 43.5 Å². The molecular weight excluding hydrogens is 414 g/mol. The van der Waals surface area contributed by atoms with Gasteiger partial charge in [-0.05, 0) is 38.8 Å². The molecule has 9 heteroatoms. The first-order valence-electron chi connectivity index (χ1n) is 5.97. The molecule has 0 saturated heterocycles. The van der Waals surface area contributed by atoms with Crippen LogP contribution in [0.1, 0.15) is 13.3 Å². The lowest BCUT2D eigenvalue weighted by Crippen LogP contribution is -2.26. The van der Waals surface area contributed by atoms with Crippen LogP contribution in [-0.2, 0) is 9.53 Å². The van der Waals surface area contributed by atoms with Crippen LogP contribution in [0.2, 0.25) is 0 Å². The largest absolute Gasteiger partial charge is 0.491 e. The fraction of sp³-hybridized carbons (Fsp3) is 0.417. The fourth-order valence-electron chi connectivity index (χ4n) is 1.54. The molecule has 1 unspecified atom stereocenters. The maximum absolute atomic E-state index is 10.9. The molecule has 7 nitrogen and oxygen atoms in total. The van der Waals surface area contributed by atoms with Gasteiger partial charge < -0.3 is 14.6 Å². The first kappa shape index (κ1) is 17.9. The van der Waals surface area contributed by atoms with Gasteiger partial charge >= 0.3 is 5.97 Å². The summed E-state index contributed by atoms with van der Waals surface area (Å²) in [6.45, 7) is 2.11. The number of ether oxygens (including phenoxy) is 2. The van der Waals surface area contributed by atoms with Gasteiger partial charge in [-0.15, -0.1) is 0 Å². The SMILES string of the molecule is CCOC(CCOc1c(Br)cc([N+](=O)[O-])cc1Br)C(=O)O. The summed E-state index contributed by atoms with van der Waals surface area (Å²) in [4.78, 5) is 21.1. The number of carboxylic acid groups (broad SMARTS) is 1. The zero-order chi connectivity index (χ0) is 16.0. The van der Waals surface area contributed by atoms with Crippen molar-refractivity contribution in [2.75, 3.05) is 13.2 Å². The Kier molecular flexibility index (Phi) is 7.06. The molecule has 1 N–H and O–H groups in total. The molecule has 0 spiro atoms. The van der Waals surface area contributed by atoms with E-state index in [-0.39, 0.29) is 18.7 Å². The smallest absolute Gasteiger partial charge is 0.332 e. The van der Waals surface area contributed by atoms with Crippen LogP contribution in [0.5, 0.6) is 5.75 Å². The van der Waals surface area contributed by atoms with E-state index in [0.717, 1.165) is 0 Å². The highest BCUT2D eigenvalue weighted by atomic mass is 79.9. The highest BCUT2D eigenvalue weighted by Crippen LogP contribution is 2.37. The van der Waals surface area contributed by atoms with Crippen LogP contribution < -0.4 is 4.74 Å². The van der Waals surface area contributed by atoms with Crippen LogP contribution in [0.3, 0.4) is 0 Å². The third-order valence-electron chi connectivity index (χ3n) is 2.46. The zero-order valence-corrected chi connectivity index (χ0v) is 14.2. The Morgan fingerprint density at radius 2 is 2.00 bits per heavy atom. The predicted molar refractivity (Wildman–Crippen MR) is 81.7 cm³/mol. The summed E-state index contributed by atoms with van der Waals surface area (Å²) < 4.78 is 11.3. The van der Waals surface area contributed by atoms with Crippen LogP contribution in [0.15, 0.2) is 21.1 Å². The van der Waals surface area contributed by atoms with Crippen molar-refractivity contribution in [2.45, 2.75) is 19.4 Å². The summed E-state index contributed by atoms with van der Waals surface area (Å²) >= 11 is 6.37. The minimum Gasteiger partial charge on any atom is -0.491 e. The third kappa shape index (κ3) is 5.25. The van der Waals surface area contributed by atoms with Gasteiger partial charge in [0.2, 0.25) is 0 Å². The first-order chi connectivity index (χ1) is 9.86. The number of hydrogen-bond donors (Lipinski definition) is 1. The van der Waals surface area contributed by atoms with E-state index < -0.39 is 17.0 Å². The fourth-order valence-corrected chi connectivity index (χ4v) is 2.93. The normalized spacial score (nSPS) is 12.0. The average molecular weight is 427 g/mol. The number of nitro benzene ring substituents is 1. The summed E-state index contributed by atoms with van der Waals surface area (Å²) in [5.41, 5.74) is -0.0844. The van der Waals surface area contributed by atoms with Crippen LogP contribution in [0.4, 0.5) is 5.69 Å². The Morgan fingerprint density at radius 1 is 1.43 bits per heavy atom. The summed E-state index contributed by atoms with van der Waals surface area (Å²) in [6, 6.07) is 2.63. The van der Waals surface area contributed by atoms with E-state index in [0.29, 0.717) is 21.3 Å². The average Bonchev–Trinajstić information content (AvgIpc) is 2.39. The quantitative estimate of drug-likeness (QED) is 0.505. The molecule has 1 aromatic carbocycles. The van der Waals surface area contributed by atoms with E-state index >= 15 is 0 Å². The molecule has 0 aliphatic rings. The Labute approximate surface area is 137 Å². The molecule has 0 aliphatic heterocycles. The van der Waals surface area contributed by atoms with Crippen LogP contribution in [0.25, 0.3) is 0 Å². The van der Waals surface area contributed by atoms with Gasteiger partial charge in [-0.25, -0.2) is 4.79 Å². The standard InChI is InChI=1S/C12H13Br2NO6/c1-2-20-10(12(16)17)3-4-21-11-8(13)5-7(15(18)19)6-9(11)14/h5-6,10H,2-4H2,1H3,(H,16,17). The van der Waals surface area contributed by atoms with E-state index in [4.69, 9.17) is 14.6 Å². The molecular formula is C12H13Br2NO6. The number of hydrogen-bond acceptors (Lipinski definition) is 5. The van der Waals surface area contributed by atoms with E-state index in [2.05, 4.69) is 31.9 Å². The van der Waals surface area contributed by atoms with Crippen molar-refractivity contribution in [2.24, 2.45) is 0 Å². The van der Waals surface area contributed by atoms with E-state index in [1.165, 1.54) is 12.1 Å². The first-order valence-corrected chi connectivity index (χ1v) is 7.56. The molecule has 0 fully saturated rings. The van der Waals surface area contributed by atoms with Gasteiger partial charge in [0.1, 0.15) is 5.75 Å². The molecule has 116 valence electrons. The van der Waals surface area contributed by atoms with Crippen LogP contribution in [-0.4, -0.2) is 35.3 Å². The summed E-state index contributed by atoms with van der Waals surface area (Å²) in [6.07, 6.45) is -0.774. The van der Waals surface area contributed by atoms with Crippen molar-refractivity contribution in [1.29, 1.82) is 0 Å².